The molecule has 0 aliphatic rings. The van der Waals surface area contributed by atoms with Crippen molar-refractivity contribution >= 4 is 11.9 Å². The molecule has 1 aromatic carbocycles. The number of carbonyl (C=O) groups excluding carboxylic acids is 1. The Labute approximate surface area is 98.5 Å². The zero-order valence-corrected chi connectivity index (χ0v) is 9.66. The molecule has 0 aliphatic heterocycles. The predicted octanol–water partition coefficient (Wildman–Crippen LogP) is 1.55. The molecule has 92 valence electrons. The highest BCUT2D eigenvalue weighted by Gasteiger charge is 2.35. The fourth-order valence-electron chi connectivity index (χ4n) is 1.14. The van der Waals surface area contributed by atoms with Crippen LogP contribution in [0.5, 0.6) is 0 Å². The van der Waals surface area contributed by atoms with Crippen molar-refractivity contribution in [2.45, 2.75) is 20.4 Å². The quantitative estimate of drug-likeness (QED) is 0.783. The van der Waals surface area contributed by atoms with Crippen LogP contribution < -0.4 is 5.32 Å². The van der Waals surface area contributed by atoms with E-state index in [1.807, 2.05) is 0 Å². The van der Waals surface area contributed by atoms with Gasteiger partial charge in [0.2, 0.25) is 5.91 Å². The van der Waals surface area contributed by atoms with E-state index in [4.69, 9.17) is 5.11 Å². The molecule has 0 bridgehead atoms. The number of hydrogen-bond donors (Lipinski definition) is 2. The fraction of sp³-hybridized carbons (Fsp3) is 0.333. The number of benzene rings is 1. The summed E-state index contributed by atoms with van der Waals surface area (Å²) in [7, 11) is 0. The molecule has 17 heavy (non-hydrogen) atoms. The third-order valence-corrected chi connectivity index (χ3v) is 2.50. The van der Waals surface area contributed by atoms with E-state index in [0.29, 0.717) is 5.56 Å². The second-order valence-electron chi connectivity index (χ2n) is 4.20. The Morgan fingerprint density at radius 1 is 1.35 bits per heavy atom. The van der Waals surface area contributed by atoms with Crippen LogP contribution in [0.1, 0.15) is 19.4 Å². The minimum Gasteiger partial charge on any atom is -0.480 e. The van der Waals surface area contributed by atoms with Crippen LogP contribution in [-0.2, 0) is 16.1 Å². The molecule has 0 heterocycles. The Hall–Kier alpha value is -1.91. The number of nitrogens with one attached hydrogen (secondary N) is 1. The number of hydrogen-bond acceptors (Lipinski definition) is 2. The van der Waals surface area contributed by atoms with Gasteiger partial charge in [-0.15, -0.1) is 0 Å². The number of carboxylic acids is 1. The largest absolute Gasteiger partial charge is 0.480 e. The van der Waals surface area contributed by atoms with Crippen molar-refractivity contribution < 1.29 is 19.1 Å². The Kier molecular flexibility index (Phi) is 3.83. The van der Waals surface area contributed by atoms with Gasteiger partial charge in [-0.1, -0.05) is 18.2 Å². The van der Waals surface area contributed by atoms with Crippen LogP contribution in [0.25, 0.3) is 0 Å². The molecule has 0 fully saturated rings. The average Bonchev–Trinajstić information content (AvgIpc) is 2.27. The molecule has 2 N–H and O–H groups in total. The van der Waals surface area contributed by atoms with Gasteiger partial charge in [0.1, 0.15) is 11.2 Å². The molecule has 0 spiro atoms. The molecule has 0 radical (unpaired) electrons. The highest BCUT2D eigenvalue weighted by Crippen LogP contribution is 2.15. The second kappa shape index (κ2) is 4.95. The van der Waals surface area contributed by atoms with E-state index >= 15 is 0 Å². The van der Waals surface area contributed by atoms with Gasteiger partial charge in [-0.05, 0) is 19.9 Å². The summed E-state index contributed by atoms with van der Waals surface area (Å²) < 4.78 is 13.2. The molecule has 1 rings (SSSR count). The normalized spacial score (nSPS) is 11.0. The number of carboxylic acid groups (broad SMARTS) is 1. The van der Waals surface area contributed by atoms with E-state index in [2.05, 4.69) is 5.32 Å². The summed E-state index contributed by atoms with van der Waals surface area (Å²) in [6.07, 6.45) is 0. The first-order valence-electron chi connectivity index (χ1n) is 5.11. The van der Waals surface area contributed by atoms with E-state index in [-0.39, 0.29) is 6.54 Å². The number of halogens is 1. The minimum atomic E-state index is -1.52. The maximum Gasteiger partial charge on any atom is 0.318 e. The van der Waals surface area contributed by atoms with Crippen LogP contribution in [0.4, 0.5) is 4.39 Å². The van der Waals surface area contributed by atoms with Gasteiger partial charge in [0.05, 0.1) is 0 Å². The summed E-state index contributed by atoms with van der Waals surface area (Å²) >= 11 is 0. The van der Waals surface area contributed by atoms with Gasteiger partial charge in [0.15, 0.2) is 0 Å². The van der Waals surface area contributed by atoms with Gasteiger partial charge in [0, 0.05) is 12.1 Å². The summed E-state index contributed by atoms with van der Waals surface area (Å²) in [4.78, 5) is 22.4. The Morgan fingerprint density at radius 3 is 2.47 bits per heavy atom. The van der Waals surface area contributed by atoms with Gasteiger partial charge in [-0.3, -0.25) is 9.59 Å². The van der Waals surface area contributed by atoms with Gasteiger partial charge in [-0.2, -0.15) is 0 Å². The van der Waals surface area contributed by atoms with Crippen molar-refractivity contribution in [3.63, 3.8) is 0 Å². The summed E-state index contributed by atoms with van der Waals surface area (Å²) in [5, 5.41) is 11.2. The first kappa shape index (κ1) is 13.2. The third-order valence-electron chi connectivity index (χ3n) is 2.50. The summed E-state index contributed by atoms with van der Waals surface area (Å²) in [5.41, 5.74) is -1.20. The van der Waals surface area contributed by atoms with Crippen molar-refractivity contribution in [2.24, 2.45) is 5.41 Å². The van der Waals surface area contributed by atoms with Crippen molar-refractivity contribution in [1.82, 2.24) is 5.32 Å². The zero-order chi connectivity index (χ0) is 13.1. The third kappa shape index (κ3) is 3.03. The highest BCUT2D eigenvalue weighted by atomic mass is 19.1. The molecule has 0 aromatic heterocycles. The predicted molar refractivity (Wildman–Crippen MR) is 59.7 cm³/mol. The molecule has 5 heteroatoms. The lowest BCUT2D eigenvalue weighted by atomic mass is 9.92. The zero-order valence-electron chi connectivity index (χ0n) is 9.66. The van der Waals surface area contributed by atoms with Gasteiger partial charge < -0.3 is 10.4 Å². The van der Waals surface area contributed by atoms with Crippen LogP contribution in [0, 0.1) is 11.2 Å². The molecule has 0 atom stereocenters. The molecular weight excluding hydrogens is 225 g/mol. The smallest absolute Gasteiger partial charge is 0.318 e. The van der Waals surface area contributed by atoms with Crippen LogP contribution in [0.15, 0.2) is 24.3 Å². The maximum atomic E-state index is 13.2. The summed E-state index contributed by atoms with van der Waals surface area (Å²) in [6, 6.07) is 6.00. The molecule has 0 aliphatic carbocycles. The number of aliphatic carboxylic acids is 1. The van der Waals surface area contributed by atoms with E-state index < -0.39 is 23.1 Å². The van der Waals surface area contributed by atoms with Crippen molar-refractivity contribution in [2.75, 3.05) is 0 Å². The van der Waals surface area contributed by atoms with E-state index in [1.54, 1.807) is 12.1 Å². The Morgan fingerprint density at radius 2 is 1.94 bits per heavy atom. The van der Waals surface area contributed by atoms with E-state index in [0.717, 1.165) is 0 Å². The summed E-state index contributed by atoms with van der Waals surface area (Å²) in [5.74, 6) is -2.29. The molecule has 4 nitrogen and oxygen atoms in total. The SMILES string of the molecule is CC(C)(C(=O)O)C(=O)NCc1ccccc1F. The molecule has 1 amide bonds. The number of rotatable bonds is 4. The van der Waals surface area contributed by atoms with Crippen molar-refractivity contribution in [1.29, 1.82) is 0 Å². The number of carbonyl (C=O) groups is 2. The van der Waals surface area contributed by atoms with E-state index in [1.165, 1.54) is 26.0 Å². The van der Waals surface area contributed by atoms with Gasteiger partial charge >= 0.3 is 5.97 Å². The van der Waals surface area contributed by atoms with Crippen LogP contribution in [0.2, 0.25) is 0 Å². The maximum absolute atomic E-state index is 13.2. The first-order chi connectivity index (χ1) is 7.85. The average molecular weight is 239 g/mol. The fourth-order valence-corrected chi connectivity index (χ4v) is 1.14. The van der Waals surface area contributed by atoms with Crippen molar-refractivity contribution in [3.05, 3.63) is 35.6 Å². The van der Waals surface area contributed by atoms with Gasteiger partial charge in [-0.25, -0.2) is 4.39 Å². The number of amides is 1. The lowest BCUT2D eigenvalue weighted by molar-refractivity contribution is -0.153. The van der Waals surface area contributed by atoms with Crippen LogP contribution >= 0.6 is 0 Å². The molecule has 0 saturated heterocycles. The topological polar surface area (TPSA) is 66.4 Å². The first-order valence-corrected chi connectivity index (χ1v) is 5.11. The second-order valence-corrected chi connectivity index (χ2v) is 4.20. The lowest BCUT2D eigenvalue weighted by Gasteiger charge is -2.18. The monoisotopic (exact) mass is 239 g/mol. The highest BCUT2D eigenvalue weighted by molar-refractivity contribution is 6.00. The van der Waals surface area contributed by atoms with Crippen LogP contribution in [0.3, 0.4) is 0 Å². The Balaban J connectivity index is 2.67. The molecule has 0 saturated carbocycles. The van der Waals surface area contributed by atoms with E-state index in [9.17, 15) is 14.0 Å². The molecule has 0 unspecified atom stereocenters. The van der Waals surface area contributed by atoms with Gasteiger partial charge in [0.25, 0.3) is 0 Å². The molecule has 1 aromatic rings. The summed E-state index contributed by atoms with van der Waals surface area (Å²) in [6.45, 7) is 2.57. The minimum absolute atomic E-state index is 0.0256. The van der Waals surface area contributed by atoms with Crippen molar-refractivity contribution in [3.8, 4) is 0 Å². The standard InChI is InChI=1S/C12H14FNO3/c1-12(2,11(16)17)10(15)14-7-8-5-3-4-6-9(8)13/h3-6H,7H2,1-2H3,(H,14,15)(H,16,17). The molecular formula is C12H14FNO3. The van der Waals surface area contributed by atoms with Crippen LogP contribution in [-0.4, -0.2) is 17.0 Å². The lowest BCUT2D eigenvalue weighted by Crippen LogP contribution is -2.42. The Bertz CT molecular complexity index is 443.